The number of nitrogens with one attached hydrogen (secondary N) is 1. The van der Waals surface area contributed by atoms with Crippen LogP contribution in [0.3, 0.4) is 0 Å². The zero-order chi connectivity index (χ0) is 14.7. The highest BCUT2D eigenvalue weighted by molar-refractivity contribution is 4.86. The molecule has 0 rings (SSSR count). The summed E-state index contributed by atoms with van der Waals surface area (Å²) < 4.78 is 0. The number of rotatable bonds is 12. The monoisotopic (exact) mass is 272 g/mol. The van der Waals surface area contributed by atoms with Crippen molar-refractivity contribution in [1.82, 2.24) is 10.2 Å². The first-order valence-electron chi connectivity index (χ1n) is 8.12. The van der Waals surface area contributed by atoms with E-state index in [0.29, 0.717) is 6.04 Å². The van der Waals surface area contributed by atoms with Crippen molar-refractivity contribution in [3.63, 3.8) is 0 Å². The molecule has 116 valence electrons. The highest BCUT2D eigenvalue weighted by Crippen LogP contribution is 2.17. The molecule has 0 bridgehead atoms. The van der Waals surface area contributed by atoms with Crippen LogP contribution >= 0.6 is 0 Å². The van der Waals surface area contributed by atoms with Gasteiger partial charge in [-0.3, -0.25) is 0 Å². The number of aliphatic hydroxyl groups is 1. The van der Waals surface area contributed by atoms with Crippen molar-refractivity contribution in [2.24, 2.45) is 0 Å². The Kier molecular flexibility index (Phi) is 10.6. The lowest BCUT2D eigenvalue weighted by Crippen LogP contribution is -2.50. The van der Waals surface area contributed by atoms with Gasteiger partial charge in [0.25, 0.3) is 0 Å². The van der Waals surface area contributed by atoms with E-state index in [9.17, 15) is 5.11 Å². The number of hydrogen-bond donors (Lipinski definition) is 2. The maximum Gasteiger partial charge on any atom is 0.0611 e. The molecular formula is C16H36N2O. The summed E-state index contributed by atoms with van der Waals surface area (Å²) in [6.45, 7) is 14.5. The van der Waals surface area contributed by atoms with E-state index in [-0.39, 0.29) is 12.1 Å². The zero-order valence-corrected chi connectivity index (χ0v) is 13.8. The van der Waals surface area contributed by atoms with Crippen LogP contribution < -0.4 is 5.32 Å². The average molecular weight is 272 g/mol. The van der Waals surface area contributed by atoms with Gasteiger partial charge in [0.1, 0.15) is 0 Å². The first kappa shape index (κ1) is 18.9. The van der Waals surface area contributed by atoms with Gasteiger partial charge in [0.15, 0.2) is 0 Å². The highest BCUT2D eigenvalue weighted by Gasteiger charge is 2.27. The molecule has 0 fully saturated rings. The third-order valence-corrected chi connectivity index (χ3v) is 3.92. The van der Waals surface area contributed by atoms with Crippen LogP contribution in [0.2, 0.25) is 0 Å². The van der Waals surface area contributed by atoms with Gasteiger partial charge in [-0.2, -0.15) is 0 Å². The summed E-state index contributed by atoms with van der Waals surface area (Å²) in [6, 6.07) is 0.522. The number of nitrogens with zero attached hydrogens (tertiary/aromatic N) is 1. The smallest absolute Gasteiger partial charge is 0.0611 e. The summed E-state index contributed by atoms with van der Waals surface area (Å²) >= 11 is 0. The number of aliphatic hydroxyl groups excluding tert-OH is 1. The van der Waals surface area contributed by atoms with Gasteiger partial charge in [0.05, 0.1) is 6.61 Å². The van der Waals surface area contributed by atoms with Crippen LogP contribution in [0.25, 0.3) is 0 Å². The molecular weight excluding hydrogens is 236 g/mol. The summed E-state index contributed by atoms with van der Waals surface area (Å²) in [7, 11) is 0. The Hall–Kier alpha value is -0.120. The van der Waals surface area contributed by atoms with E-state index in [4.69, 9.17) is 0 Å². The molecule has 2 unspecified atom stereocenters. The van der Waals surface area contributed by atoms with E-state index < -0.39 is 0 Å². The lowest BCUT2D eigenvalue weighted by molar-refractivity contribution is 0.113. The number of hydrogen-bond acceptors (Lipinski definition) is 3. The number of likely N-dealkylation sites (N-methyl/N-ethyl adjacent to an activating group) is 1. The molecule has 0 spiro atoms. The van der Waals surface area contributed by atoms with E-state index >= 15 is 0 Å². The molecule has 0 saturated carbocycles. The van der Waals surface area contributed by atoms with Crippen LogP contribution in [0, 0.1) is 0 Å². The number of unbranched alkanes of at least 4 members (excludes halogenated alkanes) is 2. The minimum absolute atomic E-state index is 0.148. The third kappa shape index (κ3) is 7.91. The quantitative estimate of drug-likeness (QED) is 0.573. The van der Waals surface area contributed by atoms with E-state index in [1.54, 1.807) is 0 Å². The molecule has 2 atom stereocenters. The Labute approximate surface area is 120 Å². The normalized spacial score (nSPS) is 16.6. The summed E-state index contributed by atoms with van der Waals surface area (Å²) in [5.74, 6) is 0. The van der Waals surface area contributed by atoms with Crippen molar-refractivity contribution in [3.05, 3.63) is 0 Å². The standard InChI is InChI=1S/C16H36N2O/c1-6-9-11-18(12-10-7-2)15(4)13-16(5,14-19)17-8-3/h15,17,19H,6-14H2,1-5H3. The first-order valence-corrected chi connectivity index (χ1v) is 8.12. The second-order valence-corrected chi connectivity index (χ2v) is 6.05. The molecule has 0 aromatic carbocycles. The zero-order valence-electron chi connectivity index (χ0n) is 13.8. The van der Waals surface area contributed by atoms with Crippen molar-refractivity contribution >= 4 is 0 Å². The lowest BCUT2D eigenvalue weighted by atomic mass is 9.93. The maximum atomic E-state index is 9.62. The van der Waals surface area contributed by atoms with Crippen LogP contribution in [0.15, 0.2) is 0 Å². The average Bonchev–Trinajstić information content (AvgIpc) is 2.39. The highest BCUT2D eigenvalue weighted by atomic mass is 16.3. The summed E-state index contributed by atoms with van der Waals surface area (Å²) in [6.07, 6.45) is 6.04. The Bertz CT molecular complexity index is 203. The fourth-order valence-electron chi connectivity index (χ4n) is 2.68. The van der Waals surface area contributed by atoms with Crippen LogP contribution in [0.5, 0.6) is 0 Å². The van der Waals surface area contributed by atoms with Crippen LogP contribution in [0.1, 0.15) is 66.7 Å². The van der Waals surface area contributed by atoms with Gasteiger partial charge in [-0.15, -0.1) is 0 Å². The third-order valence-electron chi connectivity index (χ3n) is 3.92. The first-order chi connectivity index (χ1) is 9.02. The van der Waals surface area contributed by atoms with Crippen molar-refractivity contribution in [3.8, 4) is 0 Å². The van der Waals surface area contributed by atoms with Gasteiger partial charge < -0.3 is 15.3 Å². The molecule has 0 aromatic rings. The van der Waals surface area contributed by atoms with Crippen LogP contribution in [0.4, 0.5) is 0 Å². The molecule has 0 aliphatic carbocycles. The van der Waals surface area contributed by atoms with Crippen molar-refractivity contribution in [2.75, 3.05) is 26.2 Å². The summed E-state index contributed by atoms with van der Waals surface area (Å²) in [4.78, 5) is 2.60. The molecule has 19 heavy (non-hydrogen) atoms. The van der Waals surface area contributed by atoms with Crippen molar-refractivity contribution < 1.29 is 5.11 Å². The summed E-state index contributed by atoms with van der Waals surface area (Å²) in [5, 5.41) is 13.0. The molecule has 0 radical (unpaired) electrons. The lowest BCUT2D eigenvalue weighted by Gasteiger charge is -2.37. The molecule has 3 heteroatoms. The fraction of sp³-hybridized carbons (Fsp3) is 1.00. The SMILES string of the molecule is CCCCN(CCCC)C(C)CC(C)(CO)NCC. The predicted molar refractivity (Wildman–Crippen MR) is 84.6 cm³/mol. The second-order valence-electron chi connectivity index (χ2n) is 6.05. The van der Waals surface area contributed by atoms with Crippen LogP contribution in [-0.2, 0) is 0 Å². The molecule has 0 heterocycles. The van der Waals surface area contributed by atoms with E-state index in [2.05, 4.69) is 44.8 Å². The van der Waals surface area contributed by atoms with Gasteiger partial charge in [-0.05, 0) is 52.7 Å². The van der Waals surface area contributed by atoms with E-state index in [1.165, 1.54) is 38.8 Å². The molecule has 0 aliphatic heterocycles. The molecule has 0 saturated heterocycles. The van der Waals surface area contributed by atoms with Gasteiger partial charge in [0, 0.05) is 11.6 Å². The Morgan fingerprint density at radius 3 is 2.00 bits per heavy atom. The minimum Gasteiger partial charge on any atom is -0.394 e. The second kappa shape index (κ2) is 10.6. The molecule has 0 aliphatic rings. The van der Waals surface area contributed by atoms with Crippen molar-refractivity contribution in [1.29, 1.82) is 0 Å². The van der Waals surface area contributed by atoms with E-state index in [0.717, 1.165) is 13.0 Å². The van der Waals surface area contributed by atoms with Gasteiger partial charge in [-0.25, -0.2) is 0 Å². The Balaban J connectivity index is 4.45. The largest absolute Gasteiger partial charge is 0.394 e. The molecule has 0 aromatic heterocycles. The Morgan fingerprint density at radius 2 is 1.63 bits per heavy atom. The molecule has 3 nitrogen and oxygen atoms in total. The Morgan fingerprint density at radius 1 is 1.11 bits per heavy atom. The molecule has 0 amide bonds. The fourth-order valence-corrected chi connectivity index (χ4v) is 2.68. The van der Waals surface area contributed by atoms with Crippen molar-refractivity contribution in [2.45, 2.75) is 78.3 Å². The predicted octanol–water partition coefficient (Wildman–Crippen LogP) is 3.03. The topological polar surface area (TPSA) is 35.5 Å². The van der Waals surface area contributed by atoms with Gasteiger partial charge in [0.2, 0.25) is 0 Å². The van der Waals surface area contributed by atoms with Gasteiger partial charge >= 0.3 is 0 Å². The minimum atomic E-state index is -0.148. The van der Waals surface area contributed by atoms with E-state index in [1.807, 2.05) is 0 Å². The van der Waals surface area contributed by atoms with Crippen LogP contribution in [-0.4, -0.2) is 47.8 Å². The maximum absolute atomic E-state index is 9.62. The summed E-state index contributed by atoms with van der Waals surface area (Å²) in [5.41, 5.74) is -0.148. The molecule has 2 N–H and O–H groups in total. The van der Waals surface area contributed by atoms with Gasteiger partial charge in [-0.1, -0.05) is 33.6 Å².